The van der Waals surface area contributed by atoms with E-state index in [1.165, 1.54) is 20.9 Å². The summed E-state index contributed by atoms with van der Waals surface area (Å²) in [4.78, 5) is 2.67. The van der Waals surface area contributed by atoms with E-state index in [4.69, 9.17) is 10.5 Å². The molecule has 19 heavy (non-hydrogen) atoms. The van der Waals surface area contributed by atoms with Gasteiger partial charge in [0.1, 0.15) is 5.75 Å². The van der Waals surface area contributed by atoms with Crippen molar-refractivity contribution in [1.29, 1.82) is 0 Å². The summed E-state index contributed by atoms with van der Waals surface area (Å²) in [5, 5.41) is 0. The molecule has 2 aromatic rings. The Morgan fingerprint density at radius 1 is 1.21 bits per heavy atom. The Morgan fingerprint density at radius 3 is 2.42 bits per heavy atom. The number of nitrogens with two attached hydrogens (primary N) is 1. The largest absolute Gasteiger partial charge is 0.497 e. The summed E-state index contributed by atoms with van der Waals surface area (Å²) in [6.45, 7) is 4.30. The van der Waals surface area contributed by atoms with Crippen LogP contribution in [0.25, 0.3) is 0 Å². The SMILES string of the molecule is COc1ccc(CCC(N)c2cc(C)c(C)s2)cc1. The lowest BCUT2D eigenvalue weighted by Gasteiger charge is -2.09. The van der Waals surface area contributed by atoms with Gasteiger partial charge in [0.2, 0.25) is 0 Å². The highest BCUT2D eigenvalue weighted by Gasteiger charge is 2.10. The van der Waals surface area contributed by atoms with Crippen LogP contribution in [0.4, 0.5) is 0 Å². The number of rotatable bonds is 5. The van der Waals surface area contributed by atoms with Gasteiger partial charge in [-0.2, -0.15) is 0 Å². The minimum Gasteiger partial charge on any atom is -0.497 e. The van der Waals surface area contributed by atoms with Gasteiger partial charge in [-0.25, -0.2) is 0 Å². The molecule has 0 fully saturated rings. The van der Waals surface area contributed by atoms with E-state index >= 15 is 0 Å². The monoisotopic (exact) mass is 275 g/mol. The van der Waals surface area contributed by atoms with Crippen molar-refractivity contribution < 1.29 is 4.74 Å². The molecule has 1 heterocycles. The summed E-state index contributed by atoms with van der Waals surface area (Å²) in [6.07, 6.45) is 1.98. The third-order valence-corrected chi connectivity index (χ3v) is 4.74. The van der Waals surface area contributed by atoms with Crippen LogP contribution in [-0.2, 0) is 6.42 Å². The van der Waals surface area contributed by atoms with E-state index in [2.05, 4.69) is 32.0 Å². The number of benzene rings is 1. The highest BCUT2D eigenvalue weighted by atomic mass is 32.1. The van der Waals surface area contributed by atoms with Crippen LogP contribution in [0.3, 0.4) is 0 Å². The Morgan fingerprint density at radius 2 is 1.89 bits per heavy atom. The lowest BCUT2D eigenvalue weighted by Crippen LogP contribution is -2.09. The Balaban J connectivity index is 1.94. The van der Waals surface area contributed by atoms with Gasteiger partial charge in [0.15, 0.2) is 0 Å². The number of methoxy groups -OCH3 is 1. The second kappa shape index (κ2) is 6.22. The molecule has 2 rings (SSSR count). The number of thiophene rings is 1. The lowest BCUT2D eigenvalue weighted by molar-refractivity contribution is 0.414. The van der Waals surface area contributed by atoms with Crippen LogP contribution in [0.2, 0.25) is 0 Å². The molecule has 0 aliphatic carbocycles. The third-order valence-electron chi connectivity index (χ3n) is 3.45. The molecule has 1 atom stereocenters. The third kappa shape index (κ3) is 3.58. The molecular weight excluding hydrogens is 254 g/mol. The van der Waals surface area contributed by atoms with E-state index in [1.807, 2.05) is 23.5 Å². The lowest BCUT2D eigenvalue weighted by atomic mass is 10.0. The van der Waals surface area contributed by atoms with Gasteiger partial charge in [0.05, 0.1) is 7.11 Å². The van der Waals surface area contributed by atoms with Gasteiger partial charge in [-0.3, -0.25) is 0 Å². The molecule has 0 spiro atoms. The van der Waals surface area contributed by atoms with Gasteiger partial charge >= 0.3 is 0 Å². The van der Waals surface area contributed by atoms with E-state index in [1.54, 1.807) is 7.11 Å². The van der Waals surface area contributed by atoms with Crippen molar-refractivity contribution in [2.45, 2.75) is 32.7 Å². The van der Waals surface area contributed by atoms with Crippen molar-refractivity contribution in [3.05, 3.63) is 51.2 Å². The van der Waals surface area contributed by atoms with Crippen molar-refractivity contribution in [3.63, 3.8) is 0 Å². The summed E-state index contributed by atoms with van der Waals surface area (Å²) in [6, 6.07) is 10.6. The predicted octanol–water partition coefficient (Wildman–Crippen LogP) is 4.01. The maximum atomic E-state index is 6.27. The van der Waals surface area contributed by atoms with Gasteiger partial charge < -0.3 is 10.5 Å². The quantitative estimate of drug-likeness (QED) is 0.895. The molecule has 0 radical (unpaired) electrons. The zero-order valence-corrected chi connectivity index (χ0v) is 12.6. The topological polar surface area (TPSA) is 35.2 Å². The number of aryl methyl sites for hydroxylation is 3. The maximum absolute atomic E-state index is 6.27. The molecule has 0 saturated carbocycles. The first-order chi connectivity index (χ1) is 9.10. The molecule has 2 nitrogen and oxygen atoms in total. The van der Waals surface area contributed by atoms with Crippen LogP contribution < -0.4 is 10.5 Å². The highest BCUT2D eigenvalue weighted by Crippen LogP contribution is 2.27. The smallest absolute Gasteiger partial charge is 0.118 e. The van der Waals surface area contributed by atoms with Crippen LogP contribution >= 0.6 is 11.3 Å². The summed E-state index contributed by atoms with van der Waals surface area (Å²) >= 11 is 1.82. The van der Waals surface area contributed by atoms with Crippen LogP contribution in [0, 0.1) is 13.8 Å². The number of ether oxygens (including phenoxy) is 1. The van der Waals surface area contributed by atoms with Crippen molar-refractivity contribution in [2.24, 2.45) is 5.73 Å². The first-order valence-electron chi connectivity index (χ1n) is 6.55. The minimum absolute atomic E-state index is 0.138. The molecule has 0 bridgehead atoms. The van der Waals surface area contributed by atoms with E-state index < -0.39 is 0 Å². The van der Waals surface area contributed by atoms with Crippen LogP contribution in [0.15, 0.2) is 30.3 Å². The number of hydrogen-bond donors (Lipinski definition) is 1. The first-order valence-corrected chi connectivity index (χ1v) is 7.37. The minimum atomic E-state index is 0.138. The van der Waals surface area contributed by atoms with Crippen LogP contribution in [-0.4, -0.2) is 7.11 Å². The fourth-order valence-corrected chi connectivity index (χ4v) is 3.12. The molecule has 102 valence electrons. The van der Waals surface area contributed by atoms with Crippen molar-refractivity contribution in [3.8, 4) is 5.75 Å². The Bertz CT molecular complexity index is 511. The van der Waals surface area contributed by atoms with Crippen LogP contribution in [0.5, 0.6) is 5.75 Å². The fraction of sp³-hybridized carbons (Fsp3) is 0.375. The van der Waals surface area contributed by atoms with Gasteiger partial charge in [-0.1, -0.05) is 12.1 Å². The van der Waals surface area contributed by atoms with E-state index in [0.717, 1.165) is 18.6 Å². The highest BCUT2D eigenvalue weighted by molar-refractivity contribution is 7.12. The zero-order valence-electron chi connectivity index (χ0n) is 11.8. The molecule has 0 amide bonds. The Hall–Kier alpha value is -1.32. The van der Waals surface area contributed by atoms with Crippen LogP contribution in [0.1, 0.15) is 33.3 Å². The summed E-state index contributed by atoms with van der Waals surface area (Å²) < 4.78 is 5.16. The van der Waals surface area contributed by atoms with Gasteiger partial charge in [0.25, 0.3) is 0 Å². The average Bonchev–Trinajstić information content (AvgIpc) is 2.77. The van der Waals surface area contributed by atoms with E-state index in [-0.39, 0.29) is 6.04 Å². The summed E-state index contributed by atoms with van der Waals surface area (Å²) in [7, 11) is 1.69. The molecule has 0 aliphatic rings. The molecule has 1 unspecified atom stereocenters. The second-order valence-electron chi connectivity index (χ2n) is 4.88. The molecule has 0 aliphatic heterocycles. The number of hydrogen-bond acceptors (Lipinski definition) is 3. The molecule has 2 N–H and O–H groups in total. The maximum Gasteiger partial charge on any atom is 0.118 e. The second-order valence-corrected chi connectivity index (χ2v) is 6.17. The molecule has 1 aromatic carbocycles. The molecular formula is C16H21NOS. The van der Waals surface area contributed by atoms with Crippen molar-refractivity contribution in [1.82, 2.24) is 0 Å². The molecule has 0 saturated heterocycles. The molecule has 1 aromatic heterocycles. The standard InChI is InChI=1S/C16H21NOS/c1-11-10-16(19-12(11)2)15(17)9-6-13-4-7-14(18-3)8-5-13/h4-5,7-8,10,15H,6,9,17H2,1-3H3. The average molecular weight is 275 g/mol. The summed E-state index contributed by atoms with van der Waals surface area (Å²) in [5.41, 5.74) is 8.92. The Kier molecular flexibility index (Phi) is 4.61. The van der Waals surface area contributed by atoms with Crippen molar-refractivity contribution in [2.75, 3.05) is 7.11 Å². The normalized spacial score (nSPS) is 12.4. The van der Waals surface area contributed by atoms with Gasteiger partial charge in [-0.05, 0) is 56.0 Å². The first kappa shape index (κ1) is 14.1. The molecule has 3 heteroatoms. The van der Waals surface area contributed by atoms with E-state index in [9.17, 15) is 0 Å². The van der Waals surface area contributed by atoms with Gasteiger partial charge in [-0.15, -0.1) is 11.3 Å². The predicted molar refractivity (Wildman–Crippen MR) is 82.0 cm³/mol. The zero-order chi connectivity index (χ0) is 13.8. The summed E-state index contributed by atoms with van der Waals surface area (Å²) in [5.74, 6) is 0.901. The van der Waals surface area contributed by atoms with Crippen molar-refractivity contribution >= 4 is 11.3 Å². The Labute approximate surface area is 119 Å². The van der Waals surface area contributed by atoms with Gasteiger partial charge in [0, 0.05) is 15.8 Å². The van der Waals surface area contributed by atoms with E-state index in [0.29, 0.717) is 0 Å². The fourth-order valence-electron chi connectivity index (χ4n) is 2.04.